The van der Waals surface area contributed by atoms with Gasteiger partial charge in [0.15, 0.2) is 0 Å². The minimum atomic E-state index is -0.443. The first-order chi connectivity index (χ1) is 9.72. The number of hydrogen-bond acceptors (Lipinski definition) is 3. The van der Waals surface area contributed by atoms with E-state index >= 15 is 0 Å². The third-order valence-corrected chi connectivity index (χ3v) is 4.48. The van der Waals surface area contributed by atoms with Crippen LogP contribution in [0.4, 0.5) is 0 Å². The van der Waals surface area contributed by atoms with Crippen molar-refractivity contribution in [3.8, 4) is 5.75 Å². The van der Waals surface area contributed by atoms with Gasteiger partial charge in [-0.25, -0.2) is 0 Å². The Hall–Kier alpha value is -0.770. The van der Waals surface area contributed by atoms with E-state index in [2.05, 4.69) is 5.32 Å². The van der Waals surface area contributed by atoms with Crippen LogP contribution in [0.25, 0.3) is 0 Å². The summed E-state index contributed by atoms with van der Waals surface area (Å²) in [6, 6.07) is 7.55. The van der Waals surface area contributed by atoms with Gasteiger partial charge in [-0.1, -0.05) is 17.7 Å². The number of aliphatic hydroxyl groups is 1. The van der Waals surface area contributed by atoms with E-state index in [0.29, 0.717) is 5.02 Å². The highest BCUT2D eigenvalue weighted by molar-refractivity contribution is 6.30. The number of halogens is 1. The number of aliphatic hydroxyl groups excluding tert-OH is 1. The highest BCUT2D eigenvalue weighted by atomic mass is 35.5. The van der Waals surface area contributed by atoms with E-state index in [1.807, 2.05) is 18.2 Å². The number of rotatable bonds is 5. The molecule has 20 heavy (non-hydrogen) atoms. The summed E-state index contributed by atoms with van der Waals surface area (Å²) in [4.78, 5) is 0. The second-order valence-electron chi connectivity index (χ2n) is 5.99. The molecule has 0 bridgehead atoms. The van der Waals surface area contributed by atoms with Gasteiger partial charge in [0.05, 0.1) is 0 Å². The summed E-state index contributed by atoms with van der Waals surface area (Å²) in [5.41, 5.74) is 0. The molecule has 0 spiro atoms. The topological polar surface area (TPSA) is 41.5 Å². The highest BCUT2D eigenvalue weighted by Crippen LogP contribution is 2.29. The van der Waals surface area contributed by atoms with Gasteiger partial charge in [0, 0.05) is 11.1 Å². The van der Waals surface area contributed by atoms with E-state index in [9.17, 15) is 5.11 Å². The predicted octanol–water partition coefficient (Wildman–Crippen LogP) is 3.00. The van der Waals surface area contributed by atoms with Crippen molar-refractivity contribution in [2.45, 2.75) is 50.4 Å². The Morgan fingerprint density at radius 2 is 2.10 bits per heavy atom. The van der Waals surface area contributed by atoms with Crippen molar-refractivity contribution in [1.29, 1.82) is 0 Å². The van der Waals surface area contributed by atoms with Gasteiger partial charge in [0.1, 0.15) is 18.0 Å². The lowest BCUT2D eigenvalue weighted by Crippen LogP contribution is -2.51. The molecule has 1 aromatic rings. The number of nitrogens with one attached hydrogen (secondary N) is 1. The van der Waals surface area contributed by atoms with Crippen molar-refractivity contribution in [1.82, 2.24) is 5.32 Å². The predicted molar refractivity (Wildman–Crippen MR) is 80.2 cm³/mol. The number of benzene rings is 1. The van der Waals surface area contributed by atoms with E-state index in [4.69, 9.17) is 16.3 Å². The molecule has 0 heterocycles. The molecule has 0 unspecified atom stereocenters. The van der Waals surface area contributed by atoms with Crippen LogP contribution in [-0.2, 0) is 0 Å². The second-order valence-corrected chi connectivity index (χ2v) is 6.43. The molecular weight excluding hydrogens is 274 g/mol. The maximum absolute atomic E-state index is 10.5. The summed E-state index contributed by atoms with van der Waals surface area (Å²) in [7, 11) is 0. The van der Waals surface area contributed by atoms with Crippen LogP contribution in [0.15, 0.2) is 24.3 Å². The molecule has 3 nitrogen and oxygen atoms in total. The van der Waals surface area contributed by atoms with E-state index < -0.39 is 6.10 Å². The highest BCUT2D eigenvalue weighted by Gasteiger charge is 2.34. The van der Waals surface area contributed by atoms with Gasteiger partial charge < -0.3 is 15.2 Å². The van der Waals surface area contributed by atoms with Crippen LogP contribution in [0, 0.1) is 5.92 Å². The van der Waals surface area contributed by atoms with Gasteiger partial charge in [0.2, 0.25) is 0 Å². The standard InChI is InChI=1S/C16H22ClNO2/c17-12-3-1-4-13(9-12)20-15-6-2-5-14(16(15)19)18-10-11-7-8-11/h1,3-4,9,11,14-16,18-19H,2,5-8,10H2/t14-,15+,16+/m0/s1. The molecule has 0 radical (unpaired) electrons. The lowest BCUT2D eigenvalue weighted by molar-refractivity contribution is -0.0154. The molecule has 2 aliphatic carbocycles. The van der Waals surface area contributed by atoms with Gasteiger partial charge in [-0.05, 0) is 62.8 Å². The van der Waals surface area contributed by atoms with Gasteiger partial charge >= 0.3 is 0 Å². The molecule has 0 saturated heterocycles. The molecule has 2 fully saturated rings. The second kappa shape index (κ2) is 6.33. The SMILES string of the molecule is O[C@@H]1[C@@H](NCC2CC2)CCC[C@H]1Oc1cccc(Cl)c1. The van der Waals surface area contributed by atoms with Gasteiger partial charge in [-0.2, -0.15) is 0 Å². The summed E-state index contributed by atoms with van der Waals surface area (Å²) in [6.07, 6.45) is 5.10. The minimum absolute atomic E-state index is 0.140. The normalized spacial score (nSPS) is 30.2. The fourth-order valence-electron chi connectivity index (χ4n) is 2.85. The smallest absolute Gasteiger partial charge is 0.126 e. The Balaban J connectivity index is 1.57. The molecule has 2 saturated carbocycles. The zero-order valence-electron chi connectivity index (χ0n) is 11.6. The van der Waals surface area contributed by atoms with Crippen molar-refractivity contribution in [2.24, 2.45) is 5.92 Å². The average molecular weight is 296 g/mol. The van der Waals surface area contributed by atoms with Crippen LogP contribution in [0.2, 0.25) is 5.02 Å². The molecule has 2 aliphatic rings. The third kappa shape index (κ3) is 3.66. The largest absolute Gasteiger partial charge is 0.488 e. The lowest BCUT2D eigenvalue weighted by Gasteiger charge is -2.35. The molecule has 0 aliphatic heterocycles. The van der Waals surface area contributed by atoms with Crippen molar-refractivity contribution < 1.29 is 9.84 Å². The molecular formula is C16H22ClNO2. The van der Waals surface area contributed by atoms with Crippen LogP contribution < -0.4 is 10.1 Å². The first-order valence-electron chi connectivity index (χ1n) is 7.56. The molecule has 0 amide bonds. The summed E-state index contributed by atoms with van der Waals surface area (Å²) in [5.74, 6) is 1.57. The van der Waals surface area contributed by atoms with Crippen molar-refractivity contribution >= 4 is 11.6 Å². The third-order valence-electron chi connectivity index (χ3n) is 4.25. The van der Waals surface area contributed by atoms with Crippen molar-refractivity contribution in [3.63, 3.8) is 0 Å². The van der Waals surface area contributed by atoms with Crippen LogP contribution in [-0.4, -0.2) is 29.9 Å². The monoisotopic (exact) mass is 295 g/mol. The fourth-order valence-corrected chi connectivity index (χ4v) is 3.03. The zero-order chi connectivity index (χ0) is 13.9. The van der Waals surface area contributed by atoms with Crippen LogP contribution >= 0.6 is 11.6 Å². The summed E-state index contributed by atoms with van der Waals surface area (Å²) < 4.78 is 5.93. The Morgan fingerprint density at radius 3 is 2.85 bits per heavy atom. The Labute approximate surface area is 125 Å². The maximum Gasteiger partial charge on any atom is 0.126 e. The molecule has 3 atom stereocenters. The minimum Gasteiger partial charge on any atom is -0.488 e. The lowest BCUT2D eigenvalue weighted by atomic mass is 9.89. The summed E-state index contributed by atoms with van der Waals surface area (Å²) in [5, 5.41) is 14.6. The molecule has 0 aromatic heterocycles. The first kappa shape index (κ1) is 14.2. The van der Waals surface area contributed by atoms with Gasteiger partial charge in [-0.3, -0.25) is 0 Å². The summed E-state index contributed by atoms with van der Waals surface area (Å²) >= 11 is 5.96. The summed E-state index contributed by atoms with van der Waals surface area (Å²) in [6.45, 7) is 1.03. The fraction of sp³-hybridized carbons (Fsp3) is 0.625. The number of ether oxygens (including phenoxy) is 1. The Kier molecular flexibility index (Phi) is 4.49. The van der Waals surface area contributed by atoms with Crippen molar-refractivity contribution in [2.75, 3.05) is 6.54 Å². The number of hydrogen-bond donors (Lipinski definition) is 2. The van der Waals surface area contributed by atoms with E-state index in [-0.39, 0.29) is 12.1 Å². The molecule has 1 aromatic carbocycles. The van der Waals surface area contributed by atoms with E-state index in [1.54, 1.807) is 6.07 Å². The van der Waals surface area contributed by atoms with Crippen LogP contribution in [0.3, 0.4) is 0 Å². The average Bonchev–Trinajstić information content (AvgIpc) is 3.24. The van der Waals surface area contributed by atoms with E-state index in [1.165, 1.54) is 12.8 Å². The first-order valence-corrected chi connectivity index (χ1v) is 7.94. The maximum atomic E-state index is 10.5. The van der Waals surface area contributed by atoms with Crippen LogP contribution in [0.1, 0.15) is 32.1 Å². The van der Waals surface area contributed by atoms with Gasteiger partial charge in [0.25, 0.3) is 0 Å². The quantitative estimate of drug-likeness (QED) is 0.877. The van der Waals surface area contributed by atoms with Gasteiger partial charge in [-0.15, -0.1) is 0 Å². The van der Waals surface area contributed by atoms with E-state index in [0.717, 1.165) is 37.5 Å². The molecule has 2 N–H and O–H groups in total. The van der Waals surface area contributed by atoms with Crippen LogP contribution in [0.5, 0.6) is 5.75 Å². The zero-order valence-corrected chi connectivity index (χ0v) is 12.4. The molecule has 3 rings (SSSR count). The Morgan fingerprint density at radius 1 is 1.25 bits per heavy atom. The van der Waals surface area contributed by atoms with Crippen molar-refractivity contribution in [3.05, 3.63) is 29.3 Å². The Bertz CT molecular complexity index is 450. The molecule has 110 valence electrons. The molecule has 4 heteroatoms.